The minimum Gasteiger partial charge on any atom is -0.364 e. The summed E-state index contributed by atoms with van der Waals surface area (Å²) in [6.45, 7) is 1.11. The SMILES string of the molecule is COCNC(=O)Nc1ccc(-c2sc3c(c2CN[C@H](C)c2ccccc2)c(=O)n(-c2ccccc2)c(=O)n3Cc2c(F)cccc2CF)cc1. The van der Waals surface area contributed by atoms with E-state index in [4.69, 9.17) is 4.74 Å². The number of urea groups is 1. The number of amides is 2. The van der Waals surface area contributed by atoms with E-state index in [1.54, 1.807) is 42.5 Å². The largest absolute Gasteiger partial charge is 0.364 e. The molecule has 0 unspecified atom stereocenters. The molecule has 0 radical (unpaired) electrons. The van der Waals surface area contributed by atoms with Gasteiger partial charge in [0.15, 0.2) is 0 Å². The van der Waals surface area contributed by atoms with Gasteiger partial charge in [0.1, 0.15) is 24.1 Å². The number of halogens is 2. The summed E-state index contributed by atoms with van der Waals surface area (Å²) in [4.78, 5) is 42.1. The van der Waals surface area contributed by atoms with Crippen LogP contribution in [0.15, 0.2) is 113 Å². The second-order valence-electron chi connectivity index (χ2n) is 11.6. The Labute approximate surface area is 290 Å². The highest BCUT2D eigenvalue weighted by Gasteiger charge is 2.25. The molecule has 3 N–H and O–H groups in total. The number of ether oxygens (including phenoxy) is 1. The number of carbonyl (C=O) groups is 1. The molecule has 256 valence electrons. The smallest absolute Gasteiger partial charge is 0.337 e. The Bertz CT molecular complexity index is 2240. The fraction of sp³-hybridized carbons (Fsp3) is 0.184. The van der Waals surface area contributed by atoms with Gasteiger partial charge in [0.2, 0.25) is 0 Å². The number of anilines is 1. The van der Waals surface area contributed by atoms with E-state index in [-0.39, 0.29) is 37.0 Å². The molecule has 0 saturated carbocycles. The lowest BCUT2D eigenvalue weighted by molar-refractivity contribution is 0.177. The van der Waals surface area contributed by atoms with Gasteiger partial charge in [-0.1, -0.05) is 72.8 Å². The van der Waals surface area contributed by atoms with Crippen LogP contribution in [0.2, 0.25) is 0 Å². The molecule has 6 aromatic rings. The normalized spacial score (nSPS) is 11.8. The van der Waals surface area contributed by atoms with E-state index in [1.165, 1.54) is 41.2 Å². The zero-order chi connectivity index (χ0) is 35.2. The van der Waals surface area contributed by atoms with Gasteiger partial charge in [-0.15, -0.1) is 11.3 Å². The lowest BCUT2D eigenvalue weighted by Crippen LogP contribution is -2.39. The first-order valence-corrected chi connectivity index (χ1v) is 16.7. The summed E-state index contributed by atoms with van der Waals surface area (Å²) in [5.41, 5.74) is 2.27. The number of methoxy groups -OCH3 is 1. The fourth-order valence-corrected chi connectivity index (χ4v) is 7.12. The Hall–Kier alpha value is -5.43. The number of fused-ring (bicyclic) bond motifs is 1. The van der Waals surface area contributed by atoms with Gasteiger partial charge in [-0.25, -0.2) is 22.9 Å². The van der Waals surface area contributed by atoms with Crippen molar-refractivity contribution in [3.8, 4) is 16.1 Å². The highest BCUT2D eigenvalue weighted by atomic mass is 32.1. The zero-order valence-corrected chi connectivity index (χ0v) is 28.2. The van der Waals surface area contributed by atoms with Gasteiger partial charge in [-0.2, -0.15) is 0 Å². The van der Waals surface area contributed by atoms with Crippen LogP contribution >= 0.6 is 11.3 Å². The number of alkyl halides is 1. The maximum absolute atomic E-state index is 15.3. The molecule has 12 heteroatoms. The van der Waals surface area contributed by atoms with Crippen molar-refractivity contribution >= 4 is 33.3 Å². The predicted molar refractivity (Wildman–Crippen MR) is 193 cm³/mol. The van der Waals surface area contributed by atoms with Gasteiger partial charge in [0.05, 0.1) is 17.6 Å². The van der Waals surface area contributed by atoms with Crippen molar-refractivity contribution in [2.75, 3.05) is 19.2 Å². The average Bonchev–Trinajstić information content (AvgIpc) is 3.52. The quantitative estimate of drug-likeness (QED) is 0.118. The molecule has 4 aromatic carbocycles. The first kappa shape index (κ1) is 34.4. The third-order valence-electron chi connectivity index (χ3n) is 8.43. The van der Waals surface area contributed by atoms with Crippen LogP contribution in [-0.4, -0.2) is 29.0 Å². The second kappa shape index (κ2) is 15.4. The molecule has 50 heavy (non-hydrogen) atoms. The monoisotopic (exact) mass is 695 g/mol. The topological polar surface area (TPSA) is 106 Å². The van der Waals surface area contributed by atoms with Gasteiger partial charge < -0.3 is 20.7 Å². The number of nitrogens with zero attached hydrogens (tertiary/aromatic N) is 2. The highest BCUT2D eigenvalue weighted by Crippen LogP contribution is 2.38. The molecule has 0 bridgehead atoms. The summed E-state index contributed by atoms with van der Waals surface area (Å²) in [6.07, 6.45) is 0. The van der Waals surface area contributed by atoms with E-state index in [2.05, 4.69) is 16.0 Å². The Kier molecular flexibility index (Phi) is 10.6. The minimum atomic E-state index is -0.921. The summed E-state index contributed by atoms with van der Waals surface area (Å²) in [7, 11) is 1.47. The third-order valence-corrected chi connectivity index (χ3v) is 9.73. The first-order valence-electron chi connectivity index (χ1n) is 15.9. The van der Waals surface area contributed by atoms with Crippen molar-refractivity contribution < 1.29 is 18.3 Å². The van der Waals surface area contributed by atoms with Crippen LogP contribution in [0.1, 0.15) is 35.2 Å². The van der Waals surface area contributed by atoms with E-state index in [0.717, 1.165) is 15.7 Å². The predicted octanol–water partition coefficient (Wildman–Crippen LogP) is 7.11. The van der Waals surface area contributed by atoms with Gasteiger partial charge in [0, 0.05) is 35.8 Å². The van der Waals surface area contributed by atoms with Crippen molar-refractivity contribution in [1.82, 2.24) is 19.8 Å². The lowest BCUT2D eigenvalue weighted by Gasteiger charge is -2.16. The van der Waals surface area contributed by atoms with Crippen molar-refractivity contribution in [2.24, 2.45) is 0 Å². The van der Waals surface area contributed by atoms with Crippen LogP contribution in [-0.2, 0) is 24.5 Å². The van der Waals surface area contributed by atoms with Crippen LogP contribution < -0.4 is 27.2 Å². The Morgan fingerprint density at radius 2 is 1.60 bits per heavy atom. The van der Waals surface area contributed by atoms with E-state index in [1.807, 2.05) is 49.4 Å². The van der Waals surface area contributed by atoms with Crippen LogP contribution in [0, 0.1) is 5.82 Å². The Morgan fingerprint density at radius 3 is 2.28 bits per heavy atom. The summed E-state index contributed by atoms with van der Waals surface area (Å²) >= 11 is 1.23. The number of aromatic nitrogens is 2. The maximum atomic E-state index is 15.3. The molecule has 0 saturated heterocycles. The first-order chi connectivity index (χ1) is 24.3. The number of para-hydroxylation sites is 1. The van der Waals surface area contributed by atoms with Gasteiger partial charge >= 0.3 is 11.7 Å². The number of nitrogens with one attached hydrogen (secondary N) is 3. The minimum absolute atomic E-state index is 0.0335. The number of hydrogen-bond acceptors (Lipinski definition) is 6. The maximum Gasteiger partial charge on any atom is 0.337 e. The van der Waals surface area contributed by atoms with Crippen LogP contribution in [0.4, 0.5) is 19.3 Å². The van der Waals surface area contributed by atoms with Gasteiger partial charge in [-0.05, 0) is 59.5 Å². The summed E-state index contributed by atoms with van der Waals surface area (Å²) in [6, 6.07) is 29.1. The molecule has 0 aliphatic rings. The molecule has 2 aromatic heterocycles. The Balaban J connectivity index is 1.56. The van der Waals surface area contributed by atoms with Crippen LogP contribution in [0.25, 0.3) is 26.3 Å². The van der Waals surface area contributed by atoms with E-state index in [9.17, 15) is 18.8 Å². The zero-order valence-electron chi connectivity index (χ0n) is 27.4. The Morgan fingerprint density at radius 1 is 0.900 bits per heavy atom. The fourth-order valence-electron chi connectivity index (χ4n) is 5.81. The number of thiophene rings is 1. The molecule has 2 amide bonds. The summed E-state index contributed by atoms with van der Waals surface area (Å²) in [5, 5.41) is 9.15. The van der Waals surface area contributed by atoms with Gasteiger partial charge in [0.25, 0.3) is 5.56 Å². The molecular weight excluding hydrogens is 661 g/mol. The highest BCUT2D eigenvalue weighted by molar-refractivity contribution is 7.22. The molecule has 0 aliphatic heterocycles. The van der Waals surface area contributed by atoms with E-state index in [0.29, 0.717) is 32.0 Å². The number of carbonyl (C=O) groups excluding carboxylic acids is 1. The molecule has 1 atom stereocenters. The lowest BCUT2D eigenvalue weighted by atomic mass is 10.0. The molecular formula is C38H35F2N5O4S. The molecule has 0 spiro atoms. The second-order valence-corrected chi connectivity index (χ2v) is 12.6. The average molecular weight is 696 g/mol. The standard InChI is InChI=1S/C38H35F2N5O4S/c1-24(25-10-5-3-6-11-25)41-21-30-33-35(46)45(29-13-7-4-8-14-29)38(48)44(22-31-27(20-39)12-9-15-32(31)40)36(33)50-34(30)26-16-18-28(19-17-26)43-37(47)42-23-49-2/h3-19,24,41H,20-23H2,1-2H3,(H2,42,43,47)/t24-/m1/s1. The van der Waals surface area contributed by atoms with Crippen molar-refractivity contribution in [2.45, 2.75) is 32.7 Å². The number of hydrogen-bond donors (Lipinski definition) is 3. The molecule has 0 aliphatic carbocycles. The molecule has 2 heterocycles. The van der Waals surface area contributed by atoms with Crippen molar-refractivity contribution in [3.63, 3.8) is 0 Å². The molecule has 6 rings (SSSR count). The molecule has 9 nitrogen and oxygen atoms in total. The number of rotatable bonds is 12. The summed E-state index contributed by atoms with van der Waals surface area (Å²) in [5.74, 6) is -0.648. The summed E-state index contributed by atoms with van der Waals surface area (Å²) < 4.78 is 36.7. The van der Waals surface area contributed by atoms with Gasteiger partial charge in [-0.3, -0.25) is 9.36 Å². The van der Waals surface area contributed by atoms with Crippen LogP contribution in [0.5, 0.6) is 0 Å². The molecule has 0 fully saturated rings. The third kappa shape index (κ3) is 7.13. The van der Waals surface area contributed by atoms with Crippen LogP contribution in [0.3, 0.4) is 0 Å². The van der Waals surface area contributed by atoms with E-state index < -0.39 is 29.8 Å². The van der Waals surface area contributed by atoms with Crippen molar-refractivity contribution in [1.29, 1.82) is 0 Å². The van der Waals surface area contributed by atoms with Crippen molar-refractivity contribution in [3.05, 3.63) is 152 Å². The number of benzene rings is 4. The van der Waals surface area contributed by atoms with E-state index >= 15 is 4.39 Å².